The summed E-state index contributed by atoms with van der Waals surface area (Å²) in [5, 5.41) is 2.87. The number of rotatable bonds is 11. The summed E-state index contributed by atoms with van der Waals surface area (Å²) < 4.78 is 12.2. The molecule has 5 atom stereocenters. The lowest BCUT2D eigenvalue weighted by Crippen LogP contribution is -2.85. The van der Waals surface area contributed by atoms with Gasteiger partial charge in [-0.1, -0.05) is 48.9 Å². The van der Waals surface area contributed by atoms with Crippen LogP contribution in [0, 0.1) is 20.8 Å². The molecular formula is C33H41ClN4O6. The molecule has 1 saturated carbocycles. The number of amides is 4. The van der Waals surface area contributed by atoms with Gasteiger partial charge in [-0.15, -0.1) is 11.6 Å². The standard InChI is InChI=1S/C33H41ClN4O6/c1-6-33(44-27-13-12-21(3)18-23(27)5)30(40)35-32(33)15-14-25(34)26(19-32)36-43-17-16-37-28(39)29(42-7-2)38(31(37)41)20-24-11-9-8-10-22(24)4/h8-13,16-18,25-26,29,36H,6-7,14-15,19-20H2,1-5H3,(H,35,40)/b17-16+. The van der Waals surface area contributed by atoms with Crippen molar-refractivity contribution in [3.8, 4) is 5.75 Å². The minimum atomic E-state index is -1.04. The summed E-state index contributed by atoms with van der Waals surface area (Å²) in [6, 6.07) is 12.8. The van der Waals surface area contributed by atoms with Crippen LogP contribution in [0.2, 0.25) is 0 Å². The van der Waals surface area contributed by atoms with E-state index in [0.717, 1.165) is 27.2 Å². The fraction of sp³-hybridized carbons (Fsp3) is 0.485. The second-order valence-electron chi connectivity index (χ2n) is 11.8. The number of ether oxygens (including phenoxy) is 2. The number of hydrogen-bond acceptors (Lipinski definition) is 7. The molecule has 2 aliphatic heterocycles. The Hall–Kier alpha value is -3.60. The first-order valence-electron chi connectivity index (χ1n) is 15.2. The van der Waals surface area contributed by atoms with E-state index in [0.29, 0.717) is 31.4 Å². The van der Waals surface area contributed by atoms with Gasteiger partial charge in [-0.05, 0) is 76.1 Å². The number of halogens is 1. The predicted octanol–water partition coefficient (Wildman–Crippen LogP) is 4.99. The van der Waals surface area contributed by atoms with Gasteiger partial charge in [-0.2, -0.15) is 5.48 Å². The van der Waals surface area contributed by atoms with Crippen molar-refractivity contribution in [3.63, 3.8) is 0 Å². The molecule has 0 bridgehead atoms. The Morgan fingerprint density at radius 2 is 1.86 bits per heavy atom. The number of hydrogen-bond donors (Lipinski definition) is 2. The van der Waals surface area contributed by atoms with Gasteiger partial charge < -0.3 is 19.6 Å². The molecule has 2 saturated heterocycles. The van der Waals surface area contributed by atoms with E-state index >= 15 is 0 Å². The molecule has 2 N–H and O–H groups in total. The minimum Gasteiger partial charge on any atom is -0.475 e. The summed E-state index contributed by atoms with van der Waals surface area (Å²) in [4.78, 5) is 47.6. The fourth-order valence-electron chi connectivity index (χ4n) is 6.56. The van der Waals surface area contributed by atoms with Gasteiger partial charge in [-0.25, -0.2) is 9.69 Å². The van der Waals surface area contributed by atoms with Crippen molar-refractivity contribution < 1.29 is 28.7 Å². The predicted molar refractivity (Wildman–Crippen MR) is 165 cm³/mol. The Morgan fingerprint density at radius 1 is 1.09 bits per heavy atom. The molecule has 11 heteroatoms. The molecule has 1 aliphatic carbocycles. The number of nitrogens with one attached hydrogen (secondary N) is 2. The minimum absolute atomic E-state index is 0.141. The van der Waals surface area contributed by atoms with Crippen molar-refractivity contribution in [2.24, 2.45) is 0 Å². The maximum absolute atomic E-state index is 13.3. The molecule has 2 aromatic carbocycles. The molecule has 0 radical (unpaired) electrons. The van der Waals surface area contributed by atoms with Crippen LogP contribution in [-0.2, 0) is 25.7 Å². The zero-order chi connectivity index (χ0) is 31.6. The molecule has 3 fully saturated rings. The molecule has 2 aromatic rings. The second kappa shape index (κ2) is 12.8. The number of carbonyl (C=O) groups is 3. The zero-order valence-corrected chi connectivity index (χ0v) is 26.6. The summed E-state index contributed by atoms with van der Waals surface area (Å²) >= 11 is 6.72. The van der Waals surface area contributed by atoms with Crippen LogP contribution in [-0.4, -0.2) is 63.0 Å². The largest absolute Gasteiger partial charge is 0.475 e. The van der Waals surface area contributed by atoms with Crippen LogP contribution in [0.1, 0.15) is 61.8 Å². The van der Waals surface area contributed by atoms with Crippen molar-refractivity contribution >= 4 is 29.4 Å². The molecular weight excluding hydrogens is 584 g/mol. The number of carbonyl (C=O) groups excluding carboxylic acids is 3. The van der Waals surface area contributed by atoms with Crippen LogP contribution in [0.15, 0.2) is 54.9 Å². The Morgan fingerprint density at radius 3 is 2.55 bits per heavy atom. The molecule has 3 aliphatic rings. The van der Waals surface area contributed by atoms with Crippen LogP contribution in [0.4, 0.5) is 4.79 Å². The maximum atomic E-state index is 13.3. The number of imide groups is 1. The van der Waals surface area contributed by atoms with Crippen LogP contribution < -0.4 is 15.5 Å². The molecule has 5 rings (SSSR count). The molecule has 4 amide bonds. The van der Waals surface area contributed by atoms with E-state index in [4.69, 9.17) is 25.9 Å². The molecule has 2 heterocycles. The van der Waals surface area contributed by atoms with E-state index < -0.39 is 29.3 Å². The Kier molecular flexibility index (Phi) is 9.25. The Balaban J connectivity index is 1.25. The van der Waals surface area contributed by atoms with Crippen LogP contribution >= 0.6 is 11.6 Å². The highest BCUT2D eigenvalue weighted by Crippen LogP contribution is 2.49. The van der Waals surface area contributed by atoms with Crippen molar-refractivity contribution in [2.75, 3.05) is 6.61 Å². The second-order valence-corrected chi connectivity index (χ2v) is 12.4. The lowest BCUT2D eigenvalue weighted by Gasteiger charge is -2.60. The first-order chi connectivity index (χ1) is 21.1. The lowest BCUT2D eigenvalue weighted by molar-refractivity contribution is -0.177. The monoisotopic (exact) mass is 624 g/mol. The topological polar surface area (TPSA) is 109 Å². The molecule has 1 spiro atoms. The van der Waals surface area contributed by atoms with Crippen LogP contribution in [0.3, 0.4) is 0 Å². The van der Waals surface area contributed by atoms with Gasteiger partial charge in [-0.3, -0.25) is 14.5 Å². The van der Waals surface area contributed by atoms with E-state index in [-0.39, 0.29) is 30.5 Å². The van der Waals surface area contributed by atoms with E-state index in [1.165, 1.54) is 17.4 Å². The summed E-state index contributed by atoms with van der Waals surface area (Å²) in [6.07, 6.45) is 3.75. The van der Waals surface area contributed by atoms with E-state index in [2.05, 4.69) is 10.8 Å². The summed E-state index contributed by atoms with van der Waals surface area (Å²) in [5.41, 5.74) is 5.34. The molecule has 44 heavy (non-hydrogen) atoms. The first kappa shape index (κ1) is 31.8. The average Bonchev–Trinajstić information content (AvgIpc) is 3.21. The highest BCUT2D eigenvalue weighted by molar-refractivity contribution is 6.21. The Bertz CT molecular complexity index is 1450. The van der Waals surface area contributed by atoms with E-state index in [1.54, 1.807) is 6.92 Å². The molecule has 0 aromatic heterocycles. The quantitative estimate of drug-likeness (QED) is 0.119. The van der Waals surface area contributed by atoms with Gasteiger partial charge in [0.25, 0.3) is 11.8 Å². The summed E-state index contributed by atoms with van der Waals surface area (Å²) in [6.45, 7) is 10.2. The van der Waals surface area contributed by atoms with Gasteiger partial charge in [0.05, 0.1) is 29.7 Å². The van der Waals surface area contributed by atoms with Gasteiger partial charge in [0.2, 0.25) is 11.8 Å². The number of hydroxylamine groups is 1. The fourth-order valence-corrected chi connectivity index (χ4v) is 6.81. The third-order valence-electron chi connectivity index (χ3n) is 9.06. The summed E-state index contributed by atoms with van der Waals surface area (Å²) in [7, 11) is 0. The first-order valence-corrected chi connectivity index (χ1v) is 15.6. The number of alkyl halides is 1. The van der Waals surface area contributed by atoms with Crippen molar-refractivity contribution in [1.82, 2.24) is 20.6 Å². The van der Waals surface area contributed by atoms with E-state index in [9.17, 15) is 14.4 Å². The van der Waals surface area contributed by atoms with Gasteiger partial charge in [0, 0.05) is 6.61 Å². The average molecular weight is 625 g/mol. The third-order valence-corrected chi connectivity index (χ3v) is 9.59. The van der Waals surface area contributed by atoms with Crippen molar-refractivity contribution in [1.29, 1.82) is 0 Å². The number of aryl methyl sites for hydroxylation is 3. The SMILES string of the molecule is CCOC1C(=O)N(/C=C/ONC2CC3(CCC2Cl)NC(=O)C3(CC)Oc2ccc(C)cc2C)C(=O)N1Cc1ccccc1C. The zero-order valence-electron chi connectivity index (χ0n) is 25.9. The van der Waals surface area contributed by atoms with Crippen molar-refractivity contribution in [3.05, 3.63) is 77.2 Å². The molecule has 10 nitrogen and oxygen atoms in total. The van der Waals surface area contributed by atoms with Gasteiger partial charge in [0.1, 0.15) is 12.0 Å². The van der Waals surface area contributed by atoms with Crippen LogP contribution in [0.5, 0.6) is 5.75 Å². The Labute approximate surface area is 263 Å². The normalized spacial score (nSPS) is 28.5. The smallest absolute Gasteiger partial charge is 0.333 e. The van der Waals surface area contributed by atoms with Gasteiger partial charge >= 0.3 is 6.03 Å². The number of β-lactam (4-membered cyclic amide) rings is 1. The maximum Gasteiger partial charge on any atom is 0.333 e. The van der Waals surface area contributed by atoms with Crippen molar-refractivity contribution in [2.45, 2.75) is 95.6 Å². The molecule has 236 valence electrons. The highest BCUT2D eigenvalue weighted by Gasteiger charge is 2.69. The summed E-state index contributed by atoms with van der Waals surface area (Å²) in [5.74, 6) is 0.0495. The number of nitrogens with zero attached hydrogens (tertiary/aromatic N) is 2. The number of benzene rings is 2. The highest BCUT2D eigenvalue weighted by atomic mass is 35.5. The third kappa shape index (κ3) is 5.66. The van der Waals surface area contributed by atoms with Crippen LogP contribution in [0.25, 0.3) is 0 Å². The molecule has 5 unspecified atom stereocenters. The lowest BCUT2D eigenvalue weighted by atomic mass is 9.61. The van der Waals surface area contributed by atoms with E-state index in [1.807, 2.05) is 70.2 Å². The number of urea groups is 1. The van der Waals surface area contributed by atoms with Gasteiger partial charge in [0.15, 0.2) is 0 Å².